The van der Waals surface area contributed by atoms with Crippen LogP contribution in [0.1, 0.15) is 6.42 Å². The molecular formula is C19H23FN4O4S. The van der Waals surface area contributed by atoms with Gasteiger partial charge in [-0.15, -0.1) is 0 Å². The van der Waals surface area contributed by atoms with E-state index in [1.54, 1.807) is 36.7 Å². The fourth-order valence-electron chi connectivity index (χ4n) is 3.29. The summed E-state index contributed by atoms with van der Waals surface area (Å²) in [5.41, 5.74) is 6.94. The Morgan fingerprint density at radius 2 is 2.10 bits per heavy atom. The Balaban J connectivity index is 1.91. The zero-order chi connectivity index (χ0) is 21.0. The number of nitrogens with zero attached hydrogens (tertiary/aromatic N) is 2. The maximum Gasteiger partial charge on any atom is 0.245 e. The van der Waals surface area contributed by atoms with Crippen LogP contribution in [0.4, 0.5) is 4.39 Å². The molecule has 3 rings (SSSR count). The van der Waals surface area contributed by atoms with E-state index >= 15 is 0 Å². The number of halogens is 1. The van der Waals surface area contributed by atoms with Gasteiger partial charge < -0.3 is 15.4 Å². The van der Waals surface area contributed by atoms with E-state index in [-0.39, 0.29) is 36.7 Å². The van der Waals surface area contributed by atoms with Gasteiger partial charge in [-0.2, -0.15) is 4.72 Å². The highest BCUT2D eigenvalue weighted by molar-refractivity contribution is 7.89. The van der Waals surface area contributed by atoms with Crippen molar-refractivity contribution < 1.29 is 22.3 Å². The average Bonchev–Trinajstić information content (AvgIpc) is 3.17. The number of pyridine rings is 1. The molecule has 1 aromatic carbocycles. The molecule has 0 saturated carbocycles. The van der Waals surface area contributed by atoms with Crippen LogP contribution < -0.4 is 15.2 Å². The van der Waals surface area contributed by atoms with E-state index in [4.69, 9.17) is 10.5 Å². The Morgan fingerprint density at radius 1 is 1.38 bits per heavy atom. The summed E-state index contributed by atoms with van der Waals surface area (Å²) < 4.78 is 47.2. The van der Waals surface area contributed by atoms with Crippen LogP contribution in [0, 0.1) is 0 Å². The largest absolute Gasteiger partial charge is 0.495 e. The molecule has 1 amide bonds. The third-order valence-electron chi connectivity index (χ3n) is 4.74. The number of aromatic nitrogens is 1. The van der Waals surface area contributed by atoms with Crippen molar-refractivity contribution in [2.24, 2.45) is 5.73 Å². The molecule has 10 heteroatoms. The first-order chi connectivity index (χ1) is 13.9. The number of likely N-dealkylation sites (tertiary alicyclic amines) is 1. The van der Waals surface area contributed by atoms with Gasteiger partial charge in [0.05, 0.1) is 13.7 Å². The lowest BCUT2D eigenvalue weighted by Gasteiger charge is -2.23. The van der Waals surface area contributed by atoms with Crippen molar-refractivity contribution in [2.75, 3.05) is 26.7 Å². The summed E-state index contributed by atoms with van der Waals surface area (Å²) in [6.45, 7) is -0.0745. The summed E-state index contributed by atoms with van der Waals surface area (Å²) in [6, 6.07) is 6.96. The van der Waals surface area contributed by atoms with Crippen molar-refractivity contribution in [1.29, 1.82) is 0 Å². The Labute approximate surface area is 168 Å². The fraction of sp³-hybridized carbons (Fsp3) is 0.368. The number of ether oxygens (including phenoxy) is 1. The fourth-order valence-corrected chi connectivity index (χ4v) is 4.68. The van der Waals surface area contributed by atoms with Crippen LogP contribution in [-0.4, -0.2) is 63.2 Å². The van der Waals surface area contributed by atoms with Crippen molar-refractivity contribution in [2.45, 2.75) is 23.5 Å². The van der Waals surface area contributed by atoms with Gasteiger partial charge in [0.25, 0.3) is 0 Å². The number of amides is 1. The number of methoxy groups -OCH3 is 1. The second-order valence-electron chi connectivity index (χ2n) is 6.65. The molecule has 2 atom stereocenters. The lowest BCUT2D eigenvalue weighted by Crippen LogP contribution is -2.51. The molecule has 3 N–H and O–H groups in total. The number of carbonyl (C=O) groups excluding carboxylic acids is 1. The van der Waals surface area contributed by atoms with Gasteiger partial charge in [0.1, 0.15) is 22.9 Å². The SMILES string of the molecule is COc1c(-c2ccncc2)cccc1S(=O)(=O)N[C@@H](CN)C(=O)N1CC[C@H](F)C1. The normalized spacial score (nSPS) is 17.9. The Hall–Kier alpha value is -2.56. The van der Waals surface area contributed by atoms with E-state index in [0.29, 0.717) is 5.56 Å². The molecule has 0 radical (unpaired) electrons. The smallest absolute Gasteiger partial charge is 0.245 e. The van der Waals surface area contributed by atoms with Crippen molar-refractivity contribution in [1.82, 2.24) is 14.6 Å². The molecule has 1 fully saturated rings. The number of para-hydroxylation sites is 1. The van der Waals surface area contributed by atoms with Crippen LogP contribution in [0.3, 0.4) is 0 Å². The maximum absolute atomic E-state index is 13.4. The standard InChI is InChI=1S/C19H23FN4O4S/c1-28-18-15(13-5-8-22-9-6-13)3-2-4-17(18)29(26,27)23-16(11-21)19(25)24-10-7-14(20)12-24/h2-6,8-9,14,16,23H,7,10-12,21H2,1H3/t14-,16-/m0/s1. The van der Waals surface area contributed by atoms with Gasteiger partial charge in [-0.1, -0.05) is 12.1 Å². The summed E-state index contributed by atoms with van der Waals surface area (Å²) in [7, 11) is -2.77. The predicted molar refractivity (Wildman–Crippen MR) is 105 cm³/mol. The molecule has 156 valence electrons. The van der Waals surface area contributed by atoms with Gasteiger partial charge in [0, 0.05) is 31.0 Å². The van der Waals surface area contributed by atoms with Crippen LogP contribution in [-0.2, 0) is 14.8 Å². The van der Waals surface area contributed by atoms with Crippen molar-refractivity contribution in [3.63, 3.8) is 0 Å². The van der Waals surface area contributed by atoms with Gasteiger partial charge in [0.2, 0.25) is 15.9 Å². The van der Waals surface area contributed by atoms with Crippen LogP contribution >= 0.6 is 0 Å². The number of benzene rings is 1. The minimum Gasteiger partial charge on any atom is -0.495 e. The molecule has 0 bridgehead atoms. The summed E-state index contributed by atoms with van der Waals surface area (Å²) in [5, 5.41) is 0. The van der Waals surface area contributed by atoms with Crippen molar-refractivity contribution in [3.05, 3.63) is 42.7 Å². The zero-order valence-corrected chi connectivity index (χ0v) is 16.7. The molecule has 1 aliphatic rings. The molecule has 2 heterocycles. The quantitative estimate of drug-likeness (QED) is 0.686. The number of hydrogen-bond donors (Lipinski definition) is 2. The van der Waals surface area contributed by atoms with E-state index in [9.17, 15) is 17.6 Å². The third-order valence-corrected chi connectivity index (χ3v) is 6.23. The third kappa shape index (κ3) is 4.55. The second-order valence-corrected chi connectivity index (χ2v) is 8.34. The lowest BCUT2D eigenvalue weighted by atomic mass is 10.1. The van der Waals surface area contributed by atoms with E-state index in [1.165, 1.54) is 18.1 Å². The van der Waals surface area contributed by atoms with E-state index in [1.807, 2.05) is 0 Å². The van der Waals surface area contributed by atoms with E-state index in [2.05, 4.69) is 9.71 Å². The van der Waals surface area contributed by atoms with Crippen LogP contribution in [0.5, 0.6) is 5.75 Å². The molecule has 0 aliphatic carbocycles. The molecule has 1 saturated heterocycles. The second kappa shape index (κ2) is 8.85. The first-order valence-electron chi connectivity index (χ1n) is 9.10. The van der Waals surface area contributed by atoms with Gasteiger partial charge >= 0.3 is 0 Å². The van der Waals surface area contributed by atoms with Crippen molar-refractivity contribution in [3.8, 4) is 16.9 Å². The number of alkyl halides is 1. The monoisotopic (exact) mass is 422 g/mol. The van der Waals surface area contributed by atoms with Crippen LogP contribution in [0.2, 0.25) is 0 Å². The number of hydrogen-bond acceptors (Lipinski definition) is 6. The topological polar surface area (TPSA) is 115 Å². The van der Waals surface area contributed by atoms with Gasteiger partial charge in [-0.25, -0.2) is 12.8 Å². The summed E-state index contributed by atoms with van der Waals surface area (Å²) in [4.78, 5) is 17.7. The highest BCUT2D eigenvalue weighted by Gasteiger charge is 2.34. The highest BCUT2D eigenvalue weighted by atomic mass is 32.2. The Bertz CT molecular complexity index is 971. The molecule has 29 heavy (non-hydrogen) atoms. The molecule has 1 aromatic heterocycles. The van der Waals surface area contributed by atoms with Crippen molar-refractivity contribution >= 4 is 15.9 Å². The van der Waals surface area contributed by atoms with Gasteiger partial charge in [-0.05, 0) is 30.2 Å². The summed E-state index contributed by atoms with van der Waals surface area (Å²) >= 11 is 0. The van der Waals surface area contributed by atoms with Crippen LogP contribution in [0.15, 0.2) is 47.6 Å². The molecular weight excluding hydrogens is 399 g/mol. The number of carbonyl (C=O) groups is 1. The van der Waals surface area contributed by atoms with E-state index < -0.39 is 28.1 Å². The first-order valence-corrected chi connectivity index (χ1v) is 10.6. The predicted octanol–water partition coefficient (Wildman–Crippen LogP) is 0.933. The molecule has 1 aliphatic heterocycles. The summed E-state index contributed by atoms with van der Waals surface area (Å²) in [6.07, 6.45) is 2.31. The molecule has 8 nitrogen and oxygen atoms in total. The van der Waals surface area contributed by atoms with Gasteiger partial charge in [-0.3, -0.25) is 9.78 Å². The van der Waals surface area contributed by atoms with E-state index in [0.717, 1.165) is 5.56 Å². The highest BCUT2D eigenvalue weighted by Crippen LogP contribution is 2.35. The molecule has 2 aromatic rings. The number of sulfonamides is 1. The maximum atomic E-state index is 13.4. The minimum absolute atomic E-state index is 0.0576. The zero-order valence-electron chi connectivity index (χ0n) is 15.9. The Kier molecular flexibility index (Phi) is 6.46. The first kappa shape index (κ1) is 21.2. The summed E-state index contributed by atoms with van der Waals surface area (Å²) in [5.74, 6) is -0.403. The average molecular weight is 422 g/mol. The molecule has 0 spiro atoms. The number of nitrogens with one attached hydrogen (secondary N) is 1. The van der Waals surface area contributed by atoms with Crippen LogP contribution in [0.25, 0.3) is 11.1 Å². The minimum atomic E-state index is -4.14. The van der Waals surface area contributed by atoms with Gasteiger partial charge in [0.15, 0.2) is 0 Å². The number of rotatable bonds is 7. The number of nitrogens with two attached hydrogens (primary N) is 1. The Morgan fingerprint density at radius 3 is 2.69 bits per heavy atom. The lowest BCUT2D eigenvalue weighted by molar-refractivity contribution is -0.131. The molecule has 0 unspecified atom stereocenters.